The average Bonchev–Trinajstić information content (AvgIpc) is 3.21. The third-order valence-electron chi connectivity index (χ3n) is 5.61. The molecule has 2 heterocycles. The van der Waals surface area contributed by atoms with Crippen molar-refractivity contribution in [3.05, 3.63) is 96.3 Å². The van der Waals surface area contributed by atoms with Gasteiger partial charge < -0.3 is 9.47 Å². The van der Waals surface area contributed by atoms with Gasteiger partial charge in [-0.3, -0.25) is 4.98 Å². The summed E-state index contributed by atoms with van der Waals surface area (Å²) in [5.74, 6) is 7.07. The number of rotatable bonds is 8. The normalized spacial score (nSPS) is 10.8. The molecule has 5 heteroatoms. The Balaban J connectivity index is 1.76. The van der Waals surface area contributed by atoms with Crippen LogP contribution in [-0.4, -0.2) is 40.1 Å². The van der Waals surface area contributed by atoms with Gasteiger partial charge in [0.05, 0.1) is 11.4 Å². The molecule has 0 radical (unpaired) electrons. The van der Waals surface area contributed by atoms with Gasteiger partial charge in [-0.2, -0.15) is 0 Å². The molecule has 0 unspecified atom stereocenters. The van der Waals surface area contributed by atoms with Crippen LogP contribution in [0.25, 0.3) is 22.5 Å². The van der Waals surface area contributed by atoms with Crippen LogP contribution in [0.4, 0.5) is 4.39 Å². The molecule has 172 valence electrons. The minimum Gasteiger partial charge on any atom is -0.317 e. The Morgan fingerprint density at radius 3 is 2.35 bits per heavy atom. The standard InChI is InChI=1S/C29H29FN4/c1-33(2)21-7-6-12-27-32-28(24-13-15-26(30)16-14-24)29(25-17-19-31-20-18-25)34(27)22-8-11-23-9-4-3-5-10-23/h3-5,9-10,13-20H,7-8,11,21-22H2,1-2H3. The number of hydrogen-bond acceptors (Lipinski definition) is 3. The number of aryl methyl sites for hydroxylation is 1. The first kappa shape index (κ1) is 23.4. The smallest absolute Gasteiger partial charge is 0.186 e. The summed E-state index contributed by atoms with van der Waals surface area (Å²) in [5.41, 5.74) is 4.99. The number of nitrogens with zero attached hydrogens (tertiary/aromatic N) is 4. The molecular formula is C29H29FN4. The molecule has 0 aliphatic heterocycles. The Kier molecular flexibility index (Phi) is 7.85. The first-order valence-electron chi connectivity index (χ1n) is 11.6. The lowest BCUT2D eigenvalue weighted by molar-refractivity contribution is 0.420. The van der Waals surface area contributed by atoms with Crippen LogP contribution in [0.1, 0.15) is 24.2 Å². The Labute approximate surface area is 201 Å². The molecule has 2 aromatic heterocycles. The van der Waals surface area contributed by atoms with Crippen LogP contribution in [0, 0.1) is 17.7 Å². The number of pyridine rings is 1. The summed E-state index contributed by atoms with van der Waals surface area (Å²) >= 11 is 0. The summed E-state index contributed by atoms with van der Waals surface area (Å²) in [7, 11) is 4.08. The van der Waals surface area contributed by atoms with E-state index in [2.05, 4.69) is 50.6 Å². The fraction of sp³-hybridized carbons (Fsp3) is 0.241. The monoisotopic (exact) mass is 452 g/mol. The lowest BCUT2D eigenvalue weighted by Crippen LogP contribution is -2.12. The molecule has 0 saturated carbocycles. The zero-order valence-corrected chi connectivity index (χ0v) is 19.7. The SMILES string of the molecule is CN(C)CCC#Cc1nc(-c2ccc(F)cc2)c(-c2ccncc2)n1CCCc1ccccc1. The molecule has 4 nitrogen and oxygen atoms in total. The lowest BCUT2D eigenvalue weighted by atomic mass is 10.1. The van der Waals surface area contributed by atoms with E-state index in [4.69, 9.17) is 4.98 Å². The number of hydrogen-bond donors (Lipinski definition) is 0. The molecule has 0 aliphatic rings. The van der Waals surface area contributed by atoms with Crippen LogP contribution >= 0.6 is 0 Å². The van der Waals surface area contributed by atoms with Crippen molar-refractivity contribution < 1.29 is 4.39 Å². The predicted octanol–water partition coefficient (Wildman–Crippen LogP) is 5.69. The van der Waals surface area contributed by atoms with Gasteiger partial charge in [0.1, 0.15) is 5.82 Å². The minimum atomic E-state index is -0.264. The Hall–Kier alpha value is -3.75. The Bertz CT molecular complexity index is 1250. The number of halogens is 1. The minimum absolute atomic E-state index is 0.264. The summed E-state index contributed by atoms with van der Waals surface area (Å²) in [4.78, 5) is 11.3. The van der Waals surface area contributed by atoms with Crippen molar-refractivity contribution in [2.75, 3.05) is 20.6 Å². The molecule has 0 aliphatic carbocycles. The fourth-order valence-corrected chi connectivity index (χ4v) is 3.88. The van der Waals surface area contributed by atoms with E-state index >= 15 is 0 Å². The van der Waals surface area contributed by atoms with Crippen LogP contribution in [-0.2, 0) is 13.0 Å². The first-order chi connectivity index (χ1) is 16.6. The van der Waals surface area contributed by atoms with Crippen molar-refractivity contribution >= 4 is 0 Å². The summed E-state index contributed by atoms with van der Waals surface area (Å²) in [6.07, 6.45) is 6.25. The van der Waals surface area contributed by atoms with Crippen molar-refractivity contribution in [1.82, 2.24) is 19.4 Å². The van der Waals surface area contributed by atoms with E-state index in [1.54, 1.807) is 24.5 Å². The van der Waals surface area contributed by atoms with Crippen molar-refractivity contribution in [2.45, 2.75) is 25.8 Å². The van der Waals surface area contributed by atoms with Crippen molar-refractivity contribution in [3.8, 4) is 34.4 Å². The lowest BCUT2D eigenvalue weighted by Gasteiger charge is -2.12. The maximum absolute atomic E-state index is 13.6. The molecule has 34 heavy (non-hydrogen) atoms. The van der Waals surface area contributed by atoms with Gasteiger partial charge in [-0.25, -0.2) is 9.37 Å². The van der Waals surface area contributed by atoms with Crippen LogP contribution in [0.2, 0.25) is 0 Å². The number of benzene rings is 2. The molecule has 2 aromatic carbocycles. The Morgan fingerprint density at radius 2 is 1.65 bits per heavy atom. The van der Waals surface area contributed by atoms with Gasteiger partial charge in [-0.15, -0.1) is 0 Å². The fourth-order valence-electron chi connectivity index (χ4n) is 3.88. The number of imidazole rings is 1. The highest BCUT2D eigenvalue weighted by Crippen LogP contribution is 2.33. The largest absolute Gasteiger partial charge is 0.317 e. The highest BCUT2D eigenvalue weighted by molar-refractivity contribution is 5.79. The molecule has 4 aromatic rings. The molecule has 0 amide bonds. The van der Waals surface area contributed by atoms with Crippen molar-refractivity contribution in [2.24, 2.45) is 0 Å². The molecule has 0 atom stereocenters. The molecule has 0 spiro atoms. The highest BCUT2D eigenvalue weighted by atomic mass is 19.1. The van der Waals surface area contributed by atoms with E-state index in [1.165, 1.54) is 17.7 Å². The molecular weight excluding hydrogens is 423 g/mol. The van der Waals surface area contributed by atoms with Crippen molar-refractivity contribution in [3.63, 3.8) is 0 Å². The second-order valence-electron chi connectivity index (χ2n) is 8.47. The summed E-state index contributed by atoms with van der Waals surface area (Å²) in [5, 5.41) is 0. The van der Waals surface area contributed by atoms with Gasteiger partial charge in [-0.05, 0) is 74.8 Å². The zero-order valence-electron chi connectivity index (χ0n) is 19.7. The zero-order chi connectivity index (χ0) is 23.8. The van der Waals surface area contributed by atoms with Gasteiger partial charge >= 0.3 is 0 Å². The average molecular weight is 453 g/mol. The molecule has 0 fully saturated rings. The maximum atomic E-state index is 13.6. The first-order valence-corrected chi connectivity index (χ1v) is 11.6. The van der Waals surface area contributed by atoms with Crippen molar-refractivity contribution in [1.29, 1.82) is 0 Å². The van der Waals surface area contributed by atoms with E-state index in [9.17, 15) is 4.39 Å². The Morgan fingerprint density at radius 1 is 0.912 bits per heavy atom. The highest BCUT2D eigenvalue weighted by Gasteiger charge is 2.19. The van der Waals surface area contributed by atoms with E-state index in [-0.39, 0.29) is 5.82 Å². The van der Waals surface area contributed by atoms with E-state index in [0.717, 1.165) is 60.7 Å². The molecule has 0 N–H and O–H groups in total. The second kappa shape index (κ2) is 11.4. The summed E-state index contributed by atoms with van der Waals surface area (Å²) < 4.78 is 15.9. The van der Waals surface area contributed by atoms with Gasteiger partial charge in [0.2, 0.25) is 0 Å². The van der Waals surface area contributed by atoms with Crippen LogP contribution < -0.4 is 0 Å². The van der Waals surface area contributed by atoms with Gasteiger partial charge in [0.15, 0.2) is 5.82 Å². The summed E-state index contributed by atoms with van der Waals surface area (Å²) in [6.45, 7) is 1.67. The molecule has 4 rings (SSSR count). The van der Waals surface area contributed by atoms with Gasteiger partial charge in [-0.1, -0.05) is 36.3 Å². The second-order valence-corrected chi connectivity index (χ2v) is 8.47. The molecule has 0 saturated heterocycles. The van der Waals surface area contributed by atoms with E-state index in [0.29, 0.717) is 0 Å². The third-order valence-corrected chi connectivity index (χ3v) is 5.61. The van der Waals surface area contributed by atoms with Crippen LogP contribution in [0.5, 0.6) is 0 Å². The maximum Gasteiger partial charge on any atom is 0.186 e. The number of aromatic nitrogens is 3. The van der Waals surface area contributed by atoms with Gasteiger partial charge in [0.25, 0.3) is 0 Å². The topological polar surface area (TPSA) is 34.0 Å². The van der Waals surface area contributed by atoms with E-state index in [1.807, 2.05) is 32.3 Å². The quantitative estimate of drug-likeness (QED) is 0.322. The van der Waals surface area contributed by atoms with E-state index < -0.39 is 0 Å². The summed E-state index contributed by atoms with van der Waals surface area (Å²) in [6, 6.07) is 21.0. The van der Waals surface area contributed by atoms with Crippen LogP contribution in [0.15, 0.2) is 79.1 Å². The van der Waals surface area contributed by atoms with Gasteiger partial charge in [0, 0.05) is 43.0 Å². The van der Waals surface area contributed by atoms with Crippen LogP contribution in [0.3, 0.4) is 0 Å². The third kappa shape index (κ3) is 5.98. The predicted molar refractivity (Wildman–Crippen MR) is 136 cm³/mol. The molecule has 0 bridgehead atoms.